The van der Waals surface area contributed by atoms with Gasteiger partial charge in [0, 0.05) is 23.3 Å². The standard InChI is InChI=1S/C14H11N3O3S/c18-12-7-6-10(17(19)20)8-11(12)14-16-15-13(21-14)9-4-2-1-3-5-9/h1-8,14,16,18H/t14-/m0/s1. The molecule has 2 aromatic carbocycles. The summed E-state index contributed by atoms with van der Waals surface area (Å²) in [7, 11) is 0. The fourth-order valence-electron chi connectivity index (χ4n) is 1.99. The fourth-order valence-corrected chi connectivity index (χ4v) is 3.02. The van der Waals surface area contributed by atoms with Gasteiger partial charge in [0.05, 0.1) is 4.92 Å². The minimum Gasteiger partial charge on any atom is -0.508 e. The van der Waals surface area contributed by atoms with E-state index < -0.39 is 4.92 Å². The topological polar surface area (TPSA) is 87.8 Å². The Labute approximate surface area is 124 Å². The minimum absolute atomic E-state index is 0.00936. The van der Waals surface area contributed by atoms with Crippen LogP contribution in [0.1, 0.15) is 16.5 Å². The smallest absolute Gasteiger partial charge is 0.270 e. The molecule has 106 valence electrons. The molecule has 0 fully saturated rings. The summed E-state index contributed by atoms with van der Waals surface area (Å²) in [4.78, 5) is 10.3. The average molecular weight is 301 g/mol. The van der Waals surface area contributed by atoms with Crippen LogP contribution in [0, 0.1) is 10.1 Å². The molecule has 21 heavy (non-hydrogen) atoms. The zero-order valence-electron chi connectivity index (χ0n) is 10.8. The van der Waals surface area contributed by atoms with Crippen molar-refractivity contribution in [2.24, 2.45) is 5.10 Å². The summed E-state index contributed by atoms with van der Waals surface area (Å²) < 4.78 is 0. The summed E-state index contributed by atoms with van der Waals surface area (Å²) in [5.41, 5.74) is 4.25. The molecule has 2 aromatic rings. The molecule has 1 atom stereocenters. The molecule has 6 nitrogen and oxygen atoms in total. The number of aromatic hydroxyl groups is 1. The number of nitrogens with one attached hydrogen (secondary N) is 1. The summed E-state index contributed by atoms with van der Waals surface area (Å²) >= 11 is 1.41. The Kier molecular flexibility index (Phi) is 3.49. The van der Waals surface area contributed by atoms with Crippen molar-refractivity contribution in [1.29, 1.82) is 0 Å². The second kappa shape index (κ2) is 5.45. The zero-order chi connectivity index (χ0) is 14.8. The van der Waals surface area contributed by atoms with Gasteiger partial charge in [0.15, 0.2) is 0 Å². The number of nitrogens with zero attached hydrogens (tertiary/aromatic N) is 2. The zero-order valence-corrected chi connectivity index (χ0v) is 11.6. The first-order valence-corrected chi connectivity index (χ1v) is 7.06. The largest absolute Gasteiger partial charge is 0.508 e. The van der Waals surface area contributed by atoms with Crippen LogP contribution in [-0.4, -0.2) is 15.1 Å². The molecule has 3 rings (SSSR count). The molecule has 0 unspecified atom stereocenters. The van der Waals surface area contributed by atoms with Crippen LogP contribution in [0.4, 0.5) is 5.69 Å². The van der Waals surface area contributed by atoms with Gasteiger partial charge in [0.25, 0.3) is 5.69 Å². The van der Waals surface area contributed by atoms with E-state index in [0.29, 0.717) is 5.56 Å². The number of thioether (sulfide) groups is 1. The highest BCUT2D eigenvalue weighted by Gasteiger charge is 2.26. The van der Waals surface area contributed by atoms with E-state index >= 15 is 0 Å². The molecule has 1 aliphatic heterocycles. The molecule has 0 spiro atoms. The van der Waals surface area contributed by atoms with Crippen molar-refractivity contribution >= 4 is 22.5 Å². The number of hydrogen-bond acceptors (Lipinski definition) is 6. The first kappa shape index (κ1) is 13.4. The van der Waals surface area contributed by atoms with Crippen LogP contribution in [0.15, 0.2) is 53.6 Å². The second-order valence-corrected chi connectivity index (χ2v) is 5.50. The monoisotopic (exact) mass is 301 g/mol. The van der Waals surface area contributed by atoms with E-state index in [1.165, 1.54) is 30.0 Å². The Morgan fingerprint density at radius 2 is 2.00 bits per heavy atom. The Hall–Kier alpha value is -2.54. The van der Waals surface area contributed by atoms with Crippen LogP contribution in [0.25, 0.3) is 0 Å². The van der Waals surface area contributed by atoms with Crippen molar-refractivity contribution in [3.8, 4) is 5.75 Å². The van der Waals surface area contributed by atoms with Crippen LogP contribution in [0.2, 0.25) is 0 Å². The molecule has 0 bridgehead atoms. The molecular weight excluding hydrogens is 290 g/mol. The van der Waals surface area contributed by atoms with Crippen molar-refractivity contribution < 1.29 is 10.0 Å². The lowest BCUT2D eigenvalue weighted by molar-refractivity contribution is -0.384. The van der Waals surface area contributed by atoms with Gasteiger partial charge in [-0.3, -0.25) is 15.5 Å². The molecule has 1 heterocycles. The lowest BCUT2D eigenvalue weighted by Gasteiger charge is -2.11. The van der Waals surface area contributed by atoms with Gasteiger partial charge in [0.1, 0.15) is 16.2 Å². The number of non-ortho nitro benzene ring substituents is 1. The number of hydrogen-bond donors (Lipinski definition) is 2. The summed E-state index contributed by atoms with van der Waals surface area (Å²) in [5, 5.41) is 25.4. The molecule has 0 saturated carbocycles. The van der Waals surface area contributed by atoms with Gasteiger partial charge in [0.2, 0.25) is 0 Å². The number of nitro benzene ring substituents is 1. The third kappa shape index (κ3) is 2.68. The SMILES string of the molecule is O=[N+]([O-])c1ccc(O)c([C@H]2NN=C(c3ccccc3)S2)c1. The number of rotatable bonds is 3. The van der Waals surface area contributed by atoms with Crippen molar-refractivity contribution in [3.63, 3.8) is 0 Å². The van der Waals surface area contributed by atoms with E-state index in [9.17, 15) is 15.2 Å². The van der Waals surface area contributed by atoms with Crippen molar-refractivity contribution in [2.45, 2.75) is 5.37 Å². The number of benzene rings is 2. The highest BCUT2D eigenvalue weighted by molar-refractivity contribution is 8.14. The van der Waals surface area contributed by atoms with Gasteiger partial charge in [-0.25, -0.2) is 0 Å². The molecule has 0 amide bonds. The van der Waals surface area contributed by atoms with Crippen LogP contribution in [0.3, 0.4) is 0 Å². The summed E-state index contributed by atoms with van der Waals surface area (Å²) in [6.45, 7) is 0. The van der Waals surface area contributed by atoms with E-state index in [2.05, 4.69) is 10.5 Å². The summed E-state index contributed by atoms with van der Waals surface area (Å²) in [6, 6.07) is 13.6. The molecule has 0 radical (unpaired) electrons. The van der Waals surface area contributed by atoms with Crippen molar-refractivity contribution in [3.05, 3.63) is 69.8 Å². The normalized spacial score (nSPS) is 17.1. The molecule has 0 saturated heterocycles. The number of nitro groups is 1. The van der Waals surface area contributed by atoms with Crippen molar-refractivity contribution in [2.75, 3.05) is 0 Å². The average Bonchev–Trinajstić information content (AvgIpc) is 2.98. The molecule has 0 aliphatic carbocycles. The maximum atomic E-state index is 10.8. The lowest BCUT2D eigenvalue weighted by Crippen LogP contribution is -2.07. The maximum absolute atomic E-state index is 10.8. The summed E-state index contributed by atoms with van der Waals surface area (Å²) in [6.07, 6.45) is 0. The Morgan fingerprint density at radius 1 is 1.24 bits per heavy atom. The summed E-state index contributed by atoms with van der Waals surface area (Å²) in [5.74, 6) is 0.00936. The Balaban J connectivity index is 1.85. The van der Waals surface area contributed by atoms with E-state index in [-0.39, 0.29) is 16.8 Å². The predicted molar refractivity (Wildman–Crippen MR) is 81.2 cm³/mol. The number of phenols is 1. The molecule has 2 N–H and O–H groups in total. The van der Waals surface area contributed by atoms with Gasteiger partial charge in [-0.2, -0.15) is 5.10 Å². The van der Waals surface area contributed by atoms with E-state index in [1.807, 2.05) is 30.3 Å². The number of phenolic OH excluding ortho intramolecular Hbond substituents is 1. The molecule has 1 aliphatic rings. The van der Waals surface area contributed by atoms with Gasteiger partial charge < -0.3 is 5.11 Å². The highest BCUT2D eigenvalue weighted by atomic mass is 32.2. The first-order valence-electron chi connectivity index (χ1n) is 6.18. The lowest BCUT2D eigenvalue weighted by atomic mass is 10.2. The van der Waals surface area contributed by atoms with Gasteiger partial charge in [-0.15, -0.1) is 0 Å². The molecular formula is C14H11N3O3S. The first-order chi connectivity index (χ1) is 10.1. The Morgan fingerprint density at radius 3 is 2.71 bits per heavy atom. The van der Waals surface area contributed by atoms with Crippen molar-refractivity contribution in [1.82, 2.24) is 5.43 Å². The van der Waals surface area contributed by atoms with Gasteiger partial charge in [-0.05, 0) is 6.07 Å². The van der Waals surface area contributed by atoms with Crippen LogP contribution in [-0.2, 0) is 0 Å². The third-order valence-corrected chi connectivity index (χ3v) is 4.18. The molecule has 7 heteroatoms. The minimum atomic E-state index is -0.485. The van der Waals surface area contributed by atoms with Gasteiger partial charge in [-0.1, -0.05) is 42.1 Å². The van der Waals surface area contributed by atoms with Gasteiger partial charge >= 0.3 is 0 Å². The maximum Gasteiger partial charge on any atom is 0.270 e. The Bertz CT molecular complexity index is 719. The van der Waals surface area contributed by atoms with E-state index in [4.69, 9.17) is 0 Å². The third-order valence-electron chi connectivity index (χ3n) is 3.04. The van der Waals surface area contributed by atoms with E-state index in [0.717, 1.165) is 10.6 Å². The number of hydrazone groups is 1. The highest BCUT2D eigenvalue weighted by Crippen LogP contribution is 2.39. The quantitative estimate of drug-likeness (QED) is 0.672. The van der Waals surface area contributed by atoms with Crippen LogP contribution in [0.5, 0.6) is 5.75 Å². The van der Waals surface area contributed by atoms with E-state index in [1.54, 1.807) is 0 Å². The van der Waals surface area contributed by atoms with Crippen LogP contribution >= 0.6 is 11.8 Å². The second-order valence-electron chi connectivity index (χ2n) is 4.41. The molecule has 0 aromatic heterocycles. The fraction of sp³-hybridized carbons (Fsp3) is 0.0714. The predicted octanol–water partition coefficient (Wildman–Crippen LogP) is 3.00. The van der Waals surface area contributed by atoms with Crippen LogP contribution < -0.4 is 5.43 Å².